The zero-order chi connectivity index (χ0) is 23.6. The predicted octanol–water partition coefficient (Wildman–Crippen LogP) is 6.26. The second-order valence-electron chi connectivity index (χ2n) is 8.98. The third-order valence-electron chi connectivity index (χ3n) is 6.59. The summed E-state index contributed by atoms with van der Waals surface area (Å²) in [7, 11) is -3.92. The van der Waals surface area contributed by atoms with Gasteiger partial charge in [-0.15, -0.1) is 0 Å². The van der Waals surface area contributed by atoms with Crippen LogP contribution < -0.4 is 0 Å². The van der Waals surface area contributed by atoms with E-state index in [2.05, 4.69) is 4.90 Å². The summed E-state index contributed by atoms with van der Waals surface area (Å²) in [5.74, 6) is -0.116. The summed E-state index contributed by atoms with van der Waals surface area (Å²) in [6, 6.07) is 11.9. The van der Waals surface area contributed by atoms with Crippen LogP contribution in [0.15, 0.2) is 53.4 Å². The Morgan fingerprint density at radius 1 is 1.03 bits per heavy atom. The lowest BCUT2D eigenvalue weighted by Crippen LogP contribution is -2.46. The molecule has 1 saturated heterocycles. The van der Waals surface area contributed by atoms with Gasteiger partial charge in [0.1, 0.15) is 0 Å². The van der Waals surface area contributed by atoms with Gasteiger partial charge in [0.15, 0.2) is 9.84 Å². The fourth-order valence-electron chi connectivity index (χ4n) is 4.37. The van der Waals surface area contributed by atoms with Crippen molar-refractivity contribution in [2.45, 2.75) is 55.3 Å². The van der Waals surface area contributed by atoms with Crippen molar-refractivity contribution in [3.63, 3.8) is 0 Å². The first-order valence-electron chi connectivity index (χ1n) is 10.8. The Balaban J connectivity index is 1.59. The van der Waals surface area contributed by atoms with Gasteiger partial charge >= 0.3 is 6.18 Å². The molecule has 1 aliphatic heterocycles. The van der Waals surface area contributed by atoms with E-state index in [9.17, 15) is 21.6 Å². The number of likely N-dealkylation sites (tertiary alicyclic amines) is 1. The quantitative estimate of drug-likeness (QED) is 0.463. The van der Waals surface area contributed by atoms with Crippen LogP contribution in [0.3, 0.4) is 0 Å². The molecule has 1 aliphatic rings. The van der Waals surface area contributed by atoms with Gasteiger partial charge in [-0.2, -0.15) is 13.2 Å². The minimum Gasteiger partial charge on any atom is -0.303 e. The number of benzene rings is 2. The standard InChI is InChI=1S/C24H29ClF3NO2S/c1-23(2,32(30,31)22-7-3-6-20(17-22)24(26,27)28)19-12-15-29(16-13-19)14-4-5-18-8-10-21(25)11-9-18/h3,6-11,17,19H,4-5,12-16H2,1-2H3. The number of sulfone groups is 1. The average molecular weight is 488 g/mol. The van der Waals surface area contributed by atoms with E-state index < -0.39 is 26.3 Å². The lowest BCUT2D eigenvalue weighted by atomic mass is 9.86. The van der Waals surface area contributed by atoms with Gasteiger partial charge in [0.05, 0.1) is 15.2 Å². The number of aryl methyl sites for hydroxylation is 1. The number of nitrogens with zero attached hydrogens (tertiary/aromatic N) is 1. The number of piperidine rings is 1. The SMILES string of the molecule is CC(C)(C1CCN(CCCc2ccc(Cl)cc2)CC1)S(=O)(=O)c1cccc(C(F)(F)F)c1. The minimum atomic E-state index is -4.58. The van der Waals surface area contributed by atoms with Crippen LogP contribution in [0.4, 0.5) is 13.2 Å². The molecule has 0 radical (unpaired) electrons. The summed E-state index contributed by atoms with van der Waals surface area (Å²) in [6.07, 6.45) is -1.23. The summed E-state index contributed by atoms with van der Waals surface area (Å²) < 4.78 is 64.6. The average Bonchev–Trinajstić information content (AvgIpc) is 2.75. The van der Waals surface area contributed by atoms with Gasteiger partial charge < -0.3 is 4.90 Å². The predicted molar refractivity (Wildman–Crippen MR) is 122 cm³/mol. The van der Waals surface area contributed by atoms with E-state index in [4.69, 9.17) is 11.6 Å². The lowest BCUT2D eigenvalue weighted by Gasteiger charge is -2.40. The van der Waals surface area contributed by atoms with E-state index in [1.165, 1.54) is 11.6 Å². The summed E-state index contributed by atoms with van der Waals surface area (Å²) >= 11 is 5.92. The second kappa shape index (κ2) is 9.74. The van der Waals surface area contributed by atoms with Crippen molar-refractivity contribution in [3.05, 3.63) is 64.7 Å². The highest BCUT2D eigenvalue weighted by Crippen LogP contribution is 2.39. The van der Waals surface area contributed by atoms with Crippen LogP contribution in [0, 0.1) is 5.92 Å². The molecule has 8 heteroatoms. The number of halogens is 4. The molecular weight excluding hydrogens is 459 g/mol. The molecule has 2 aromatic carbocycles. The molecule has 3 nitrogen and oxygen atoms in total. The Kier molecular flexibility index (Phi) is 7.62. The number of hydrogen-bond donors (Lipinski definition) is 0. The van der Waals surface area contributed by atoms with Gasteiger partial charge in [-0.05, 0) is 101 Å². The molecule has 0 aromatic heterocycles. The van der Waals surface area contributed by atoms with Crippen LogP contribution in [0.1, 0.15) is 44.2 Å². The van der Waals surface area contributed by atoms with Crippen LogP contribution in [0.25, 0.3) is 0 Å². The molecule has 2 aromatic rings. The van der Waals surface area contributed by atoms with Crippen LogP contribution in [0.2, 0.25) is 5.02 Å². The molecule has 0 saturated carbocycles. The van der Waals surface area contributed by atoms with Gasteiger partial charge in [0, 0.05) is 5.02 Å². The van der Waals surface area contributed by atoms with E-state index in [0.29, 0.717) is 12.8 Å². The Hall–Kier alpha value is -1.57. The van der Waals surface area contributed by atoms with Crippen LogP contribution >= 0.6 is 11.6 Å². The highest BCUT2D eigenvalue weighted by Gasteiger charge is 2.44. The fraction of sp³-hybridized carbons (Fsp3) is 0.500. The van der Waals surface area contributed by atoms with Crippen LogP contribution in [-0.2, 0) is 22.4 Å². The monoisotopic (exact) mass is 487 g/mol. The first kappa shape index (κ1) is 25.1. The normalized spacial score (nSPS) is 16.9. The molecule has 0 spiro atoms. The van der Waals surface area contributed by atoms with Crippen molar-refractivity contribution in [1.82, 2.24) is 4.90 Å². The van der Waals surface area contributed by atoms with E-state index in [1.54, 1.807) is 13.8 Å². The largest absolute Gasteiger partial charge is 0.416 e. The molecule has 176 valence electrons. The highest BCUT2D eigenvalue weighted by molar-refractivity contribution is 7.92. The van der Waals surface area contributed by atoms with E-state index in [0.717, 1.165) is 55.7 Å². The first-order chi connectivity index (χ1) is 14.9. The number of rotatable bonds is 7. The molecular formula is C24H29ClF3NO2S. The van der Waals surface area contributed by atoms with Crippen LogP contribution in [-0.4, -0.2) is 37.7 Å². The molecule has 0 bridgehead atoms. The second-order valence-corrected chi connectivity index (χ2v) is 11.9. The number of alkyl halides is 3. The zero-order valence-corrected chi connectivity index (χ0v) is 19.9. The maximum atomic E-state index is 13.3. The summed E-state index contributed by atoms with van der Waals surface area (Å²) in [5, 5.41) is 0.721. The molecule has 0 amide bonds. The highest BCUT2D eigenvalue weighted by atomic mass is 35.5. The first-order valence-corrected chi connectivity index (χ1v) is 12.7. The Morgan fingerprint density at radius 3 is 2.25 bits per heavy atom. The summed E-state index contributed by atoms with van der Waals surface area (Å²) in [6.45, 7) is 5.78. The third-order valence-corrected chi connectivity index (χ3v) is 9.43. The topological polar surface area (TPSA) is 37.4 Å². The Morgan fingerprint density at radius 2 is 1.66 bits per heavy atom. The van der Waals surface area contributed by atoms with Crippen LogP contribution in [0.5, 0.6) is 0 Å². The van der Waals surface area contributed by atoms with Crippen molar-refractivity contribution in [2.75, 3.05) is 19.6 Å². The van der Waals surface area contributed by atoms with Crippen molar-refractivity contribution in [2.24, 2.45) is 5.92 Å². The van der Waals surface area contributed by atoms with E-state index in [1.807, 2.05) is 24.3 Å². The molecule has 1 fully saturated rings. The van der Waals surface area contributed by atoms with Crippen molar-refractivity contribution < 1.29 is 21.6 Å². The molecule has 32 heavy (non-hydrogen) atoms. The minimum absolute atomic E-state index is 0.116. The maximum Gasteiger partial charge on any atom is 0.416 e. The van der Waals surface area contributed by atoms with Gasteiger partial charge in [-0.1, -0.05) is 29.8 Å². The molecule has 1 heterocycles. The number of hydrogen-bond acceptors (Lipinski definition) is 3. The van der Waals surface area contributed by atoms with Crippen molar-refractivity contribution in [1.29, 1.82) is 0 Å². The molecule has 0 atom stereocenters. The fourth-order valence-corrected chi connectivity index (χ4v) is 6.32. The maximum absolute atomic E-state index is 13.3. The van der Waals surface area contributed by atoms with Gasteiger partial charge in [0.25, 0.3) is 0 Å². The van der Waals surface area contributed by atoms with Gasteiger partial charge in [-0.3, -0.25) is 0 Å². The smallest absolute Gasteiger partial charge is 0.303 e. The molecule has 0 unspecified atom stereocenters. The lowest BCUT2D eigenvalue weighted by molar-refractivity contribution is -0.137. The van der Waals surface area contributed by atoms with Crippen molar-refractivity contribution >= 4 is 21.4 Å². The summed E-state index contributed by atoms with van der Waals surface area (Å²) in [5.41, 5.74) is 0.294. The third kappa shape index (κ3) is 5.67. The Bertz CT molecular complexity index is 1010. The van der Waals surface area contributed by atoms with Gasteiger partial charge in [0.2, 0.25) is 0 Å². The Labute approximate surface area is 193 Å². The van der Waals surface area contributed by atoms with E-state index in [-0.39, 0.29) is 10.8 Å². The summed E-state index contributed by atoms with van der Waals surface area (Å²) in [4.78, 5) is 2.07. The molecule has 0 N–H and O–H groups in total. The van der Waals surface area contributed by atoms with Crippen molar-refractivity contribution in [3.8, 4) is 0 Å². The molecule has 3 rings (SSSR count). The van der Waals surface area contributed by atoms with E-state index >= 15 is 0 Å². The van der Waals surface area contributed by atoms with Gasteiger partial charge in [-0.25, -0.2) is 8.42 Å². The zero-order valence-electron chi connectivity index (χ0n) is 18.3. The molecule has 0 aliphatic carbocycles.